The summed E-state index contributed by atoms with van der Waals surface area (Å²) in [6.45, 7) is 10.3. The van der Waals surface area contributed by atoms with E-state index in [0.29, 0.717) is 53.3 Å². The van der Waals surface area contributed by atoms with Crippen molar-refractivity contribution < 1.29 is 14.2 Å². The van der Waals surface area contributed by atoms with E-state index in [-0.39, 0.29) is 6.61 Å². The third-order valence-corrected chi connectivity index (χ3v) is 11.1. The number of pyridine rings is 1. The second-order valence-electron chi connectivity index (χ2n) is 14.8. The number of fused-ring (bicyclic) bond motifs is 1. The third-order valence-electron chi connectivity index (χ3n) is 10.6. The third kappa shape index (κ3) is 10.3. The molecule has 1 fully saturated rings. The minimum absolute atomic E-state index is 0.226. The van der Waals surface area contributed by atoms with Gasteiger partial charge >= 0.3 is 0 Å². The maximum Gasteiger partial charge on any atom is 0.142 e. The molecule has 0 aliphatic carbocycles. The Morgan fingerprint density at radius 2 is 1.63 bits per heavy atom. The quantitative estimate of drug-likeness (QED) is 0.0911. The lowest BCUT2D eigenvalue weighted by atomic mass is 9.93. The minimum Gasteiger partial charge on any atom is -0.493 e. The number of halogens is 2. The van der Waals surface area contributed by atoms with Crippen LogP contribution >= 0.6 is 23.2 Å². The molecule has 2 aromatic heterocycles. The molecule has 9 nitrogen and oxygen atoms in total. The van der Waals surface area contributed by atoms with Gasteiger partial charge in [-0.05, 0) is 117 Å². The van der Waals surface area contributed by atoms with Gasteiger partial charge in [-0.25, -0.2) is 4.98 Å². The predicted molar refractivity (Wildman–Crippen MR) is 227 cm³/mol. The molecule has 6 aromatic rings. The van der Waals surface area contributed by atoms with Crippen molar-refractivity contribution in [2.45, 2.75) is 59.3 Å². The van der Waals surface area contributed by atoms with Gasteiger partial charge in [0.25, 0.3) is 0 Å². The molecule has 0 radical (unpaired) electrons. The molecule has 7 rings (SSSR count). The number of aromatic nitrogens is 3. The number of nitrogens with one attached hydrogen (secondary N) is 1. The van der Waals surface area contributed by atoms with Crippen molar-refractivity contribution in [3.8, 4) is 34.4 Å². The molecule has 1 aliphatic heterocycles. The highest BCUT2D eigenvalue weighted by Gasteiger charge is 2.17. The van der Waals surface area contributed by atoms with Crippen molar-refractivity contribution in [3.63, 3.8) is 0 Å². The molecule has 1 aliphatic rings. The molecule has 0 atom stereocenters. The topological polar surface area (TPSA) is 99.5 Å². The van der Waals surface area contributed by atoms with Crippen LogP contribution in [0.25, 0.3) is 22.2 Å². The highest BCUT2D eigenvalue weighted by Crippen LogP contribution is 2.37. The molecule has 3 heterocycles. The molecule has 57 heavy (non-hydrogen) atoms. The average Bonchev–Trinajstić information content (AvgIpc) is 3.89. The summed E-state index contributed by atoms with van der Waals surface area (Å²) in [6, 6.07) is 26.0. The molecule has 1 N–H and O–H groups in total. The van der Waals surface area contributed by atoms with Crippen molar-refractivity contribution in [2.24, 2.45) is 0 Å². The highest BCUT2D eigenvalue weighted by molar-refractivity contribution is 6.32. The van der Waals surface area contributed by atoms with Crippen LogP contribution in [-0.2, 0) is 26.2 Å². The van der Waals surface area contributed by atoms with Crippen molar-refractivity contribution in [1.29, 1.82) is 5.26 Å². The van der Waals surface area contributed by atoms with E-state index in [1.807, 2.05) is 30.3 Å². The zero-order valence-electron chi connectivity index (χ0n) is 32.8. The van der Waals surface area contributed by atoms with Crippen LogP contribution in [0.3, 0.4) is 0 Å². The van der Waals surface area contributed by atoms with Gasteiger partial charge in [-0.1, -0.05) is 53.5 Å². The summed E-state index contributed by atoms with van der Waals surface area (Å²) in [5, 5.41) is 10.6. The number of aromatic amines is 1. The standard InChI is InChI=1S/C46H48Cl2N6O3/c1-31-35(9-6-10-38(31)39-11-7-12-43(32(39)2)55-20-8-18-54-16-4-5-17-54)30-57-45-24-44(56-29-34-21-33(25-49)26-50-27-34)36(22-40(45)48)28-53(3)19-15-46-51-41-14-13-37(47)23-42(41)52-46/h6-7,9-14,21-24,26-27H,4-5,8,15-20,28-30H2,1-3H3,(H,51,52). The van der Waals surface area contributed by atoms with Crippen LogP contribution in [0.1, 0.15) is 58.5 Å². The summed E-state index contributed by atoms with van der Waals surface area (Å²) >= 11 is 13.1. The molecule has 11 heteroatoms. The summed E-state index contributed by atoms with van der Waals surface area (Å²) in [5.74, 6) is 2.98. The maximum atomic E-state index is 9.41. The Morgan fingerprint density at radius 3 is 2.46 bits per heavy atom. The number of hydrogen-bond donors (Lipinski definition) is 1. The number of likely N-dealkylation sites (N-methyl/N-ethyl adjacent to an activating group) is 1. The van der Waals surface area contributed by atoms with Crippen LogP contribution in [0.2, 0.25) is 10.0 Å². The van der Waals surface area contributed by atoms with Gasteiger partial charge < -0.3 is 29.0 Å². The molecule has 0 unspecified atom stereocenters. The molecule has 1 saturated heterocycles. The van der Waals surface area contributed by atoms with Crippen LogP contribution < -0.4 is 14.2 Å². The largest absolute Gasteiger partial charge is 0.493 e. The van der Waals surface area contributed by atoms with Gasteiger partial charge in [0.1, 0.15) is 42.4 Å². The second-order valence-corrected chi connectivity index (χ2v) is 15.6. The van der Waals surface area contributed by atoms with Crippen molar-refractivity contribution in [3.05, 3.63) is 134 Å². The fraction of sp³-hybridized carbons (Fsp3) is 0.326. The lowest BCUT2D eigenvalue weighted by molar-refractivity contribution is 0.262. The highest BCUT2D eigenvalue weighted by atomic mass is 35.5. The van der Waals surface area contributed by atoms with E-state index in [0.717, 1.165) is 81.1 Å². The molecule has 0 bridgehead atoms. The van der Waals surface area contributed by atoms with Gasteiger partial charge in [0.15, 0.2) is 0 Å². The molecule has 4 aromatic carbocycles. The van der Waals surface area contributed by atoms with E-state index in [4.69, 9.17) is 42.4 Å². The number of nitrogens with zero attached hydrogens (tertiary/aromatic N) is 5. The fourth-order valence-electron chi connectivity index (χ4n) is 7.38. The first kappa shape index (κ1) is 40.1. The number of nitriles is 1. The molecular formula is C46H48Cl2N6O3. The lowest BCUT2D eigenvalue weighted by Crippen LogP contribution is -2.22. The lowest BCUT2D eigenvalue weighted by Gasteiger charge is -2.21. The van der Waals surface area contributed by atoms with Crippen LogP contribution in [0.15, 0.2) is 85.2 Å². The number of rotatable bonds is 17. The number of H-pyrrole nitrogens is 1. The molecule has 0 spiro atoms. The van der Waals surface area contributed by atoms with E-state index in [2.05, 4.69) is 83.1 Å². The van der Waals surface area contributed by atoms with Crippen molar-refractivity contribution >= 4 is 34.2 Å². The Labute approximate surface area is 345 Å². The number of benzene rings is 4. The second kappa shape index (κ2) is 18.9. The number of imidazole rings is 1. The first-order valence-electron chi connectivity index (χ1n) is 19.5. The molecule has 294 valence electrons. The summed E-state index contributed by atoms with van der Waals surface area (Å²) < 4.78 is 19.2. The van der Waals surface area contributed by atoms with E-state index in [9.17, 15) is 5.26 Å². The monoisotopic (exact) mass is 802 g/mol. The van der Waals surface area contributed by atoms with Gasteiger partial charge in [-0.15, -0.1) is 0 Å². The van der Waals surface area contributed by atoms with Crippen LogP contribution in [-0.4, -0.2) is 64.6 Å². The predicted octanol–water partition coefficient (Wildman–Crippen LogP) is 10.1. The Balaban J connectivity index is 1.05. The van der Waals surface area contributed by atoms with E-state index < -0.39 is 0 Å². The summed E-state index contributed by atoms with van der Waals surface area (Å²) in [5.41, 5.74) is 9.58. The zero-order chi connectivity index (χ0) is 39.7. The Morgan fingerprint density at radius 1 is 0.842 bits per heavy atom. The Hall–Kier alpha value is -5.11. The Bertz CT molecular complexity index is 2370. The summed E-state index contributed by atoms with van der Waals surface area (Å²) in [6.07, 6.45) is 7.59. The van der Waals surface area contributed by atoms with E-state index in [1.54, 1.807) is 12.3 Å². The number of likely N-dealkylation sites (tertiary alicyclic amines) is 1. The molecule has 0 saturated carbocycles. The van der Waals surface area contributed by atoms with E-state index >= 15 is 0 Å². The van der Waals surface area contributed by atoms with Crippen molar-refractivity contribution in [2.75, 3.05) is 39.8 Å². The summed E-state index contributed by atoms with van der Waals surface area (Å²) in [4.78, 5) is 17.0. The number of ether oxygens (including phenoxy) is 3. The normalized spacial score (nSPS) is 13.0. The minimum atomic E-state index is 0.226. The number of hydrogen-bond acceptors (Lipinski definition) is 8. The molecular weight excluding hydrogens is 755 g/mol. The maximum absolute atomic E-state index is 9.41. The first-order valence-corrected chi connectivity index (χ1v) is 20.3. The summed E-state index contributed by atoms with van der Waals surface area (Å²) in [7, 11) is 2.05. The zero-order valence-corrected chi connectivity index (χ0v) is 34.3. The SMILES string of the molecule is Cc1c(COc2cc(OCc3cncc(C#N)c3)c(CN(C)CCc3nc4cc(Cl)ccc4[nH]3)cc2Cl)cccc1-c1cccc(OCCCN2CCCC2)c1C. The smallest absolute Gasteiger partial charge is 0.142 e. The fourth-order valence-corrected chi connectivity index (χ4v) is 7.78. The van der Waals surface area contributed by atoms with Crippen LogP contribution in [0.4, 0.5) is 0 Å². The average molecular weight is 804 g/mol. The first-order chi connectivity index (χ1) is 27.7. The van der Waals surface area contributed by atoms with Gasteiger partial charge in [0.2, 0.25) is 0 Å². The van der Waals surface area contributed by atoms with Crippen LogP contribution in [0.5, 0.6) is 17.2 Å². The van der Waals surface area contributed by atoms with Gasteiger partial charge in [-0.3, -0.25) is 4.98 Å². The van der Waals surface area contributed by atoms with E-state index in [1.165, 1.54) is 32.1 Å². The van der Waals surface area contributed by atoms with Crippen molar-refractivity contribution in [1.82, 2.24) is 24.8 Å². The van der Waals surface area contributed by atoms with Gasteiger partial charge in [-0.2, -0.15) is 5.26 Å². The van der Waals surface area contributed by atoms with Gasteiger partial charge in [0.05, 0.1) is 28.2 Å². The Kier molecular flexibility index (Phi) is 13.3. The molecule has 0 amide bonds. The van der Waals surface area contributed by atoms with Gasteiger partial charge in [0, 0.05) is 60.7 Å². The van der Waals surface area contributed by atoms with Crippen LogP contribution in [0, 0.1) is 25.2 Å².